The number of rotatable bonds is 58. The van der Waals surface area contributed by atoms with Gasteiger partial charge in [-0.05, 0) is 109 Å². The number of unbranched alkanes of at least 4 members (excludes halogenated alkanes) is 21. The number of carbonyl (C=O) groups excluding carboxylic acids is 2. The van der Waals surface area contributed by atoms with Gasteiger partial charge in [-0.1, -0.05) is 257 Å². The zero-order chi connectivity index (χ0) is 59.1. The molecule has 460 valence electrons. The third kappa shape index (κ3) is 62.9. The lowest BCUT2D eigenvalue weighted by Gasteiger charge is -2.25. The van der Waals surface area contributed by atoms with Gasteiger partial charge in [0.2, 0.25) is 0 Å². The summed E-state index contributed by atoms with van der Waals surface area (Å²) in [5.74, 6) is -2.02. The fourth-order valence-corrected chi connectivity index (χ4v) is 8.51. The van der Waals surface area contributed by atoms with Gasteiger partial charge in [0, 0.05) is 12.8 Å². The minimum Gasteiger partial charge on any atom is -0.477 e. The number of hydrogen-bond acceptors (Lipinski definition) is 7. The Morgan fingerprint density at radius 3 is 0.988 bits per heavy atom. The summed E-state index contributed by atoms with van der Waals surface area (Å²) >= 11 is 0. The molecule has 0 aromatic heterocycles. The van der Waals surface area contributed by atoms with Crippen LogP contribution < -0.4 is 0 Å². The average molecular weight is 1130 g/mol. The van der Waals surface area contributed by atoms with Crippen LogP contribution in [0.2, 0.25) is 0 Å². The molecule has 0 bridgehead atoms. The van der Waals surface area contributed by atoms with Crippen molar-refractivity contribution in [2.45, 2.75) is 257 Å². The molecule has 0 fully saturated rings. The van der Waals surface area contributed by atoms with Crippen LogP contribution in [0, 0.1) is 0 Å². The zero-order valence-electron chi connectivity index (χ0n) is 52.4. The second kappa shape index (κ2) is 61.5. The molecule has 0 rings (SSSR count). The molecule has 0 amide bonds. The largest absolute Gasteiger partial charge is 0.477 e. The Kier molecular flexibility index (Phi) is 58.0. The van der Waals surface area contributed by atoms with Crippen molar-refractivity contribution < 1.29 is 42.9 Å². The SMILES string of the molecule is CC/C=C\C/C=C\C/C=C\C/C=C\C/C=C\C/C=C\CCCCCCCCCCCCCCC(=O)OC(COC(=O)CCCCCCCCCCC/C=C\C/C=C\C/C=C\C/C=C\C/C=C\CC)COC(OCC[N+](C)(C)C)C(=O)O. The molecule has 0 aromatic carbocycles. The summed E-state index contributed by atoms with van der Waals surface area (Å²) in [5.41, 5.74) is 0. The van der Waals surface area contributed by atoms with Gasteiger partial charge in [0.25, 0.3) is 6.29 Å². The molecule has 0 spiro atoms. The van der Waals surface area contributed by atoms with E-state index in [2.05, 4.69) is 148 Å². The Bertz CT molecular complexity index is 1790. The van der Waals surface area contributed by atoms with E-state index in [1.54, 1.807) is 0 Å². The molecule has 0 aliphatic carbocycles. The molecule has 0 aliphatic rings. The highest BCUT2D eigenvalue weighted by Crippen LogP contribution is 2.16. The Hall–Kier alpha value is -4.57. The third-order valence-corrected chi connectivity index (χ3v) is 13.4. The minimum absolute atomic E-state index is 0.180. The summed E-state index contributed by atoms with van der Waals surface area (Å²) < 4.78 is 22.9. The van der Waals surface area contributed by atoms with E-state index >= 15 is 0 Å². The van der Waals surface area contributed by atoms with Gasteiger partial charge in [-0.2, -0.15) is 0 Å². The molecule has 0 heterocycles. The number of aliphatic carboxylic acids is 1. The molecule has 81 heavy (non-hydrogen) atoms. The molecule has 0 radical (unpaired) electrons. The first-order valence-electron chi connectivity index (χ1n) is 32.3. The van der Waals surface area contributed by atoms with Crippen molar-refractivity contribution in [2.24, 2.45) is 0 Å². The van der Waals surface area contributed by atoms with E-state index in [1.165, 1.54) is 89.9 Å². The van der Waals surface area contributed by atoms with Gasteiger partial charge in [0.1, 0.15) is 13.2 Å². The predicted octanol–water partition coefficient (Wildman–Crippen LogP) is 19.8. The maximum absolute atomic E-state index is 12.9. The van der Waals surface area contributed by atoms with E-state index in [0.717, 1.165) is 122 Å². The lowest BCUT2D eigenvalue weighted by atomic mass is 10.0. The summed E-state index contributed by atoms with van der Waals surface area (Å²) in [4.78, 5) is 37.6. The number of ether oxygens (including phenoxy) is 4. The van der Waals surface area contributed by atoms with Crippen LogP contribution >= 0.6 is 0 Å². The summed E-state index contributed by atoms with van der Waals surface area (Å²) in [7, 11) is 5.96. The maximum atomic E-state index is 12.9. The van der Waals surface area contributed by atoms with E-state index in [9.17, 15) is 19.5 Å². The van der Waals surface area contributed by atoms with E-state index in [-0.39, 0.29) is 38.6 Å². The fourth-order valence-electron chi connectivity index (χ4n) is 8.51. The first-order valence-corrected chi connectivity index (χ1v) is 32.3. The van der Waals surface area contributed by atoms with Crippen molar-refractivity contribution >= 4 is 17.9 Å². The van der Waals surface area contributed by atoms with Crippen LogP contribution in [-0.2, 0) is 33.3 Å². The summed E-state index contributed by atoms with van der Waals surface area (Å²) in [6, 6.07) is 0. The number of carbonyl (C=O) groups is 3. The van der Waals surface area contributed by atoms with E-state index in [4.69, 9.17) is 18.9 Å². The van der Waals surface area contributed by atoms with Crippen molar-refractivity contribution in [1.29, 1.82) is 0 Å². The van der Waals surface area contributed by atoms with Crippen molar-refractivity contribution in [3.8, 4) is 0 Å². The highest BCUT2D eigenvalue weighted by molar-refractivity contribution is 5.71. The van der Waals surface area contributed by atoms with Crippen molar-refractivity contribution in [3.05, 3.63) is 134 Å². The lowest BCUT2D eigenvalue weighted by Crippen LogP contribution is -2.40. The first kappa shape index (κ1) is 76.4. The van der Waals surface area contributed by atoms with Crippen molar-refractivity contribution in [1.82, 2.24) is 0 Å². The highest BCUT2D eigenvalue weighted by atomic mass is 16.7. The van der Waals surface area contributed by atoms with E-state index < -0.39 is 24.3 Å². The second-order valence-electron chi connectivity index (χ2n) is 22.3. The van der Waals surface area contributed by atoms with Crippen LogP contribution in [0.1, 0.15) is 245 Å². The normalized spacial score (nSPS) is 13.6. The summed E-state index contributed by atoms with van der Waals surface area (Å²) in [6.07, 6.45) is 85.3. The van der Waals surface area contributed by atoms with Gasteiger partial charge in [0.15, 0.2) is 6.10 Å². The maximum Gasteiger partial charge on any atom is 0.361 e. The van der Waals surface area contributed by atoms with Gasteiger partial charge in [-0.3, -0.25) is 9.59 Å². The lowest BCUT2D eigenvalue weighted by molar-refractivity contribution is -0.870. The van der Waals surface area contributed by atoms with Crippen LogP contribution in [0.15, 0.2) is 134 Å². The number of carboxylic acids is 1. The highest BCUT2D eigenvalue weighted by Gasteiger charge is 2.25. The standard InChI is InChI=1S/C72H119NO8/c1-6-8-10-12-14-16-18-20-22-24-26-28-30-32-33-34-35-36-37-39-41-43-45-47-49-51-53-55-57-59-61-63-70(75)81-68(67-80-72(71(76)77)78-65-64-73(3,4)5)66-79-69(74)62-60-58-56-54-52-50-48-46-44-42-40-38-31-29-27-25-23-21-19-17-15-13-11-9-7-2/h8-11,14-17,20-23,26-29,32-33,35-36,38,40,68,72H,6-7,12-13,18-19,24-25,30-31,34,37,39,41-67H2,1-5H3/p+1/b10-8-,11-9-,16-14-,17-15-,22-20-,23-21-,28-26-,29-27-,33-32-,36-35-,40-38-. The van der Waals surface area contributed by atoms with E-state index in [1.807, 2.05) is 21.1 Å². The van der Waals surface area contributed by atoms with Crippen LogP contribution in [0.5, 0.6) is 0 Å². The van der Waals surface area contributed by atoms with Gasteiger partial charge >= 0.3 is 17.9 Å². The Morgan fingerprint density at radius 2 is 0.667 bits per heavy atom. The predicted molar refractivity (Wildman–Crippen MR) is 345 cm³/mol. The molecule has 9 nitrogen and oxygen atoms in total. The monoisotopic (exact) mass is 1130 g/mol. The molecule has 0 saturated carbocycles. The summed E-state index contributed by atoms with van der Waals surface area (Å²) in [5, 5.41) is 9.73. The molecular weight excluding hydrogens is 1010 g/mol. The van der Waals surface area contributed by atoms with Gasteiger partial charge < -0.3 is 28.5 Å². The number of nitrogens with zero attached hydrogens (tertiary/aromatic N) is 1. The zero-order valence-corrected chi connectivity index (χ0v) is 52.4. The van der Waals surface area contributed by atoms with Gasteiger partial charge in [-0.25, -0.2) is 4.79 Å². The Balaban J connectivity index is 4.22. The number of carboxylic acid groups (broad SMARTS) is 1. The first-order chi connectivity index (χ1) is 39.6. The average Bonchev–Trinajstić information content (AvgIpc) is 3.44. The number of likely N-dealkylation sites (N-methyl/N-ethyl adjacent to an activating group) is 1. The van der Waals surface area contributed by atoms with Crippen LogP contribution in [0.3, 0.4) is 0 Å². The number of quaternary nitrogens is 1. The summed E-state index contributed by atoms with van der Waals surface area (Å²) in [6.45, 7) is 4.64. The number of esters is 2. The van der Waals surface area contributed by atoms with Crippen molar-refractivity contribution in [2.75, 3.05) is 47.5 Å². The van der Waals surface area contributed by atoms with Crippen molar-refractivity contribution in [3.63, 3.8) is 0 Å². The number of hydrogen-bond donors (Lipinski definition) is 1. The number of allylic oxidation sites excluding steroid dienone is 22. The molecule has 1 N–H and O–H groups in total. The fraction of sp³-hybridized carbons (Fsp3) is 0.653. The van der Waals surface area contributed by atoms with Crippen LogP contribution in [0.25, 0.3) is 0 Å². The van der Waals surface area contributed by atoms with Gasteiger partial charge in [0.05, 0.1) is 34.4 Å². The second-order valence-corrected chi connectivity index (χ2v) is 22.3. The molecule has 2 unspecified atom stereocenters. The molecule has 0 aliphatic heterocycles. The molecule has 9 heteroatoms. The topological polar surface area (TPSA) is 108 Å². The van der Waals surface area contributed by atoms with Crippen LogP contribution in [0.4, 0.5) is 0 Å². The van der Waals surface area contributed by atoms with E-state index in [0.29, 0.717) is 17.4 Å². The quantitative estimate of drug-likeness (QED) is 0.0211. The van der Waals surface area contributed by atoms with Gasteiger partial charge in [-0.15, -0.1) is 0 Å². The molecule has 2 atom stereocenters. The molecular formula is C72H120NO8+. The smallest absolute Gasteiger partial charge is 0.361 e. The third-order valence-electron chi connectivity index (χ3n) is 13.4. The minimum atomic E-state index is -1.52. The van der Waals surface area contributed by atoms with Crippen LogP contribution in [-0.4, -0.2) is 87.4 Å². The Labute approximate surface area is 497 Å². The molecule has 0 aromatic rings. The molecule has 0 saturated heterocycles. The Morgan fingerprint density at radius 1 is 0.370 bits per heavy atom.